The van der Waals surface area contributed by atoms with Crippen LogP contribution in [-0.2, 0) is 11.0 Å². The molecule has 1 heterocycles. The second-order valence-corrected chi connectivity index (χ2v) is 3.40. The molecule has 0 spiro atoms. The fourth-order valence-electron chi connectivity index (χ4n) is 1.08. The largest absolute Gasteiger partial charge is 0.434 e. The number of hydrogen-bond donors (Lipinski definition) is 0. The number of pyridine rings is 1. The van der Waals surface area contributed by atoms with Gasteiger partial charge in [0.25, 0.3) is 5.91 Å². The molecule has 0 aliphatic heterocycles. The summed E-state index contributed by atoms with van der Waals surface area (Å²) in [4.78, 5) is 19.2. The lowest BCUT2D eigenvalue weighted by molar-refractivity contribution is -0.142. The first-order valence-corrected chi connectivity index (χ1v) is 4.71. The van der Waals surface area contributed by atoms with E-state index in [0.29, 0.717) is 5.06 Å². The number of alkyl halides is 3. The highest BCUT2D eigenvalue weighted by Crippen LogP contribution is 2.31. The Morgan fingerprint density at radius 3 is 2.53 bits per heavy atom. The van der Waals surface area contributed by atoms with Gasteiger partial charge in [0.2, 0.25) is 0 Å². The van der Waals surface area contributed by atoms with E-state index in [0.717, 1.165) is 19.2 Å². The van der Waals surface area contributed by atoms with E-state index in [-0.39, 0.29) is 5.15 Å². The SMILES string of the molecule is CON(C)C(=O)c1ccc(Cl)nc1C(F)(F)F. The Labute approximate surface area is 99.9 Å². The van der Waals surface area contributed by atoms with Crippen molar-refractivity contribution in [3.63, 3.8) is 0 Å². The van der Waals surface area contributed by atoms with Crippen molar-refractivity contribution in [1.29, 1.82) is 0 Å². The van der Waals surface area contributed by atoms with Crippen LogP contribution in [0.4, 0.5) is 13.2 Å². The zero-order valence-electron chi connectivity index (χ0n) is 8.88. The molecular formula is C9H8ClF3N2O2. The van der Waals surface area contributed by atoms with Gasteiger partial charge in [-0.3, -0.25) is 9.63 Å². The first-order chi connectivity index (χ1) is 7.77. The van der Waals surface area contributed by atoms with Crippen LogP contribution in [0.2, 0.25) is 5.15 Å². The van der Waals surface area contributed by atoms with Crippen molar-refractivity contribution >= 4 is 17.5 Å². The number of carbonyl (C=O) groups excluding carboxylic acids is 1. The average molecular weight is 269 g/mol. The molecule has 1 rings (SSSR count). The Bertz CT molecular complexity index is 437. The summed E-state index contributed by atoms with van der Waals surface area (Å²) in [6.07, 6.45) is -4.76. The molecule has 0 bridgehead atoms. The summed E-state index contributed by atoms with van der Waals surface area (Å²) in [5, 5.41) is 0.328. The summed E-state index contributed by atoms with van der Waals surface area (Å²) in [6.45, 7) is 0. The third-order valence-electron chi connectivity index (χ3n) is 1.92. The highest BCUT2D eigenvalue weighted by Gasteiger charge is 2.38. The maximum absolute atomic E-state index is 12.6. The lowest BCUT2D eigenvalue weighted by Gasteiger charge is -2.16. The molecule has 0 aliphatic carbocycles. The standard InChI is InChI=1S/C9H8ClF3N2O2/c1-15(17-2)8(16)5-3-4-6(10)14-7(5)9(11,12)13/h3-4H,1-2H3. The molecule has 0 unspecified atom stereocenters. The number of nitrogens with zero attached hydrogens (tertiary/aromatic N) is 2. The molecule has 0 N–H and O–H groups in total. The van der Waals surface area contributed by atoms with E-state index >= 15 is 0 Å². The fourth-order valence-corrected chi connectivity index (χ4v) is 1.22. The zero-order valence-corrected chi connectivity index (χ0v) is 9.63. The van der Waals surface area contributed by atoms with Crippen LogP contribution in [-0.4, -0.2) is 30.1 Å². The van der Waals surface area contributed by atoms with E-state index in [2.05, 4.69) is 9.82 Å². The van der Waals surface area contributed by atoms with Crippen molar-refractivity contribution in [1.82, 2.24) is 10.0 Å². The lowest BCUT2D eigenvalue weighted by atomic mass is 10.1. The number of halogens is 4. The quantitative estimate of drug-likeness (QED) is 0.611. The van der Waals surface area contributed by atoms with Gasteiger partial charge in [-0.15, -0.1) is 0 Å². The van der Waals surface area contributed by atoms with Gasteiger partial charge in [-0.25, -0.2) is 10.0 Å². The summed E-state index contributed by atoms with van der Waals surface area (Å²) >= 11 is 5.37. The fraction of sp³-hybridized carbons (Fsp3) is 0.333. The van der Waals surface area contributed by atoms with Crippen molar-refractivity contribution in [3.05, 3.63) is 28.5 Å². The molecule has 8 heteroatoms. The summed E-state index contributed by atoms with van der Waals surface area (Å²) in [5.41, 5.74) is -1.95. The van der Waals surface area contributed by atoms with Crippen LogP contribution in [0.3, 0.4) is 0 Å². The molecule has 0 atom stereocenters. The van der Waals surface area contributed by atoms with Gasteiger partial charge >= 0.3 is 6.18 Å². The Morgan fingerprint density at radius 2 is 2.06 bits per heavy atom. The minimum Gasteiger partial charge on any atom is -0.274 e. The molecule has 4 nitrogen and oxygen atoms in total. The van der Waals surface area contributed by atoms with E-state index in [1.165, 1.54) is 7.05 Å². The Hall–Kier alpha value is -1.34. The van der Waals surface area contributed by atoms with E-state index in [4.69, 9.17) is 11.6 Å². The van der Waals surface area contributed by atoms with Gasteiger partial charge in [0.1, 0.15) is 5.15 Å². The van der Waals surface area contributed by atoms with E-state index in [1.54, 1.807) is 0 Å². The first-order valence-electron chi connectivity index (χ1n) is 4.33. The van der Waals surface area contributed by atoms with Crippen molar-refractivity contribution in [2.75, 3.05) is 14.2 Å². The summed E-state index contributed by atoms with van der Waals surface area (Å²) in [6, 6.07) is 2.06. The second-order valence-electron chi connectivity index (χ2n) is 3.01. The number of amides is 1. The first kappa shape index (κ1) is 13.7. The van der Waals surface area contributed by atoms with Crippen molar-refractivity contribution < 1.29 is 22.8 Å². The topological polar surface area (TPSA) is 42.4 Å². The third kappa shape index (κ3) is 3.07. The average Bonchev–Trinajstić information content (AvgIpc) is 2.25. The Morgan fingerprint density at radius 1 is 1.47 bits per heavy atom. The predicted molar refractivity (Wildman–Crippen MR) is 53.4 cm³/mol. The monoisotopic (exact) mass is 268 g/mol. The molecule has 0 fully saturated rings. The lowest BCUT2D eigenvalue weighted by Crippen LogP contribution is -2.28. The van der Waals surface area contributed by atoms with Gasteiger partial charge in [-0.05, 0) is 12.1 Å². The van der Waals surface area contributed by atoms with Gasteiger partial charge in [-0.1, -0.05) is 11.6 Å². The minimum atomic E-state index is -4.76. The van der Waals surface area contributed by atoms with Gasteiger partial charge < -0.3 is 0 Å². The van der Waals surface area contributed by atoms with Crippen molar-refractivity contribution in [2.24, 2.45) is 0 Å². The summed E-state index contributed by atoms with van der Waals surface area (Å²) in [7, 11) is 2.35. The number of carbonyl (C=O) groups is 1. The number of rotatable bonds is 2. The van der Waals surface area contributed by atoms with Crippen molar-refractivity contribution in [3.8, 4) is 0 Å². The summed E-state index contributed by atoms with van der Waals surface area (Å²) < 4.78 is 37.9. The highest BCUT2D eigenvalue weighted by molar-refractivity contribution is 6.29. The highest BCUT2D eigenvalue weighted by atomic mass is 35.5. The Kier molecular flexibility index (Phi) is 3.94. The van der Waals surface area contributed by atoms with Crippen LogP contribution in [0.15, 0.2) is 12.1 Å². The van der Waals surface area contributed by atoms with Crippen molar-refractivity contribution in [2.45, 2.75) is 6.18 Å². The van der Waals surface area contributed by atoms with Gasteiger partial charge in [-0.2, -0.15) is 13.2 Å². The van der Waals surface area contributed by atoms with Crippen LogP contribution >= 0.6 is 11.6 Å². The van der Waals surface area contributed by atoms with Crippen LogP contribution < -0.4 is 0 Å². The zero-order chi connectivity index (χ0) is 13.2. The number of hydrogen-bond acceptors (Lipinski definition) is 3. The normalized spacial score (nSPS) is 11.4. The van der Waals surface area contributed by atoms with Crippen LogP contribution in [0.5, 0.6) is 0 Å². The third-order valence-corrected chi connectivity index (χ3v) is 2.13. The number of hydroxylamine groups is 2. The van der Waals surface area contributed by atoms with Gasteiger partial charge in [0, 0.05) is 7.05 Å². The minimum absolute atomic E-state index is 0.339. The molecule has 0 saturated carbocycles. The molecule has 0 aliphatic rings. The molecular weight excluding hydrogens is 261 g/mol. The Balaban J connectivity index is 3.29. The van der Waals surface area contributed by atoms with E-state index < -0.39 is 23.3 Å². The van der Waals surface area contributed by atoms with E-state index in [9.17, 15) is 18.0 Å². The van der Waals surface area contributed by atoms with Gasteiger partial charge in [0.15, 0.2) is 5.69 Å². The molecule has 1 aromatic rings. The molecule has 0 saturated heterocycles. The van der Waals surface area contributed by atoms with Crippen LogP contribution in [0.1, 0.15) is 16.1 Å². The van der Waals surface area contributed by atoms with Crippen LogP contribution in [0.25, 0.3) is 0 Å². The maximum Gasteiger partial charge on any atom is 0.434 e. The summed E-state index contributed by atoms with van der Waals surface area (Å²) in [5.74, 6) is -0.955. The molecule has 17 heavy (non-hydrogen) atoms. The van der Waals surface area contributed by atoms with Crippen LogP contribution in [0, 0.1) is 0 Å². The smallest absolute Gasteiger partial charge is 0.274 e. The molecule has 0 radical (unpaired) electrons. The molecule has 1 amide bonds. The van der Waals surface area contributed by atoms with E-state index in [1.807, 2.05) is 0 Å². The molecule has 1 aromatic heterocycles. The second kappa shape index (κ2) is 4.89. The molecule has 94 valence electrons. The molecule has 0 aromatic carbocycles. The number of aromatic nitrogens is 1. The predicted octanol–water partition coefficient (Wildman–Crippen LogP) is 2.39. The maximum atomic E-state index is 12.6. The van der Waals surface area contributed by atoms with Gasteiger partial charge in [0.05, 0.1) is 12.7 Å².